The molecule has 0 fully saturated rings. The molecule has 2 N–H and O–H groups in total. The first-order valence-electron chi connectivity index (χ1n) is 5.75. The van der Waals surface area contributed by atoms with Gasteiger partial charge in [0.25, 0.3) is 5.69 Å². The van der Waals surface area contributed by atoms with E-state index in [1.165, 1.54) is 12.1 Å². The van der Waals surface area contributed by atoms with Gasteiger partial charge in [-0.15, -0.1) is 0 Å². The lowest BCUT2D eigenvalue weighted by atomic mass is 9.94. The first kappa shape index (κ1) is 14.7. The van der Waals surface area contributed by atoms with E-state index in [1.807, 2.05) is 13.8 Å². The van der Waals surface area contributed by atoms with Gasteiger partial charge in [0.2, 0.25) is 0 Å². The number of aliphatic hydroxyl groups excluding tert-OH is 1. The van der Waals surface area contributed by atoms with Crippen LogP contribution in [-0.2, 0) is 0 Å². The lowest BCUT2D eigenvalue weighted by molar-refractivity contribution is -0.384. The van der Waals surface area contributed by atoms with E-state index in [0.29, 0.717) is 17.1 Å². The van der Waals surface area contributed by atoms with Gasteiger partial charge in [-0.25, -0.2) is 0 Å². The van der Waals surface area contributed by atoms with Crippen LogP contribution < -0.4 is 5.32 Å². The van der Waals surface area contributed by atoms with E-state index in [0.717, 1.165) is 6.42 Å². The van der Waals surface area contributed by atoms with Crippen molar-refractivity contribution in [2.45, 2.75) is 32.2 Å². The molecule has 1 aromatic rings. The fraction of sp³-hybridized carbons (Fsp3) is 0.500. The molecule has 0 bridgehead atoms. The molecule has 100 valence electrons. The van der Waals surface area contributed by atoms with Gasteiger partial charge in [0.15, 0.2) is 0 Å². The molecule has 18 heavy (non-hydrogen) atoms. The van der Waals surface area contributed by atoms with Crippen LogP contribution in [0.5, 0.6) is 0 Å². The summed E-state index contributed by atoms with van der Waals surface area (Å²) in [6, 6.07) is 4.31. The molecular weight excluding hydrogens is 256 g/mol. The second kappa shape index (κ2) is 6.02. The SMILES string of the molecule is CCC(C)(CCO)Nc1ccc([N+](=O)[O-])cc1Cl. The summed E-state index contributed by atoms with van der Waals surface area (Å²) in [6.07, 6.45) is 1.39. The third-order valence-electron chi connectivity index (χ3n) is 3.04. The number of anilines is 1. The number of hydrogen-bond donors (Lipinski definition) is 2. The lowest BCUT2D eigenvalue weighted by Crippen LogP contribution is -2.35. The van der Waals surface area contributed by atoms with Crippen molar-refractivity contribution in [2.75, 3.05) is 11.9 Å². The Bertz CT molecular complexity index is 439. The molecule has 0 aliphatic rings. The Morgan fingerprint density at radius 1 is 1.56 bits per heavy atom. The van der Waals surface area contributed by atoms with Crippen LogP contribution in [0.4, 0.5) is 11.4 Å². The Kier molecular flexibility index (Phi) is 4.93. The average molecular weight is 273 g/mol. The van der Waals surface area contributed by atoms with E-state index in [-0.39, 0.29) is 17.8 Å². The fourth-order valence-electron chi connectivity index (χ4n) is 1.62. The van der Waals surface area contributed by atoms with Crippen molar-refractivity contribution in [3.8, 4) is 0 Å². The molecule has 1 aromatic carbocycles. The van der Waals surface area contributed by atoms with Crippen LogP contribution in [0.15, 0.2) is 18.2 Å². The maximum atomic E-state index is 10.6. The molecule has 0 spiro atoms. The number of rotatable bonds is 6. The van der Waals surface area contributed by atoms with Crippen LogP contribution in [-0.4, -0.2) is 22.2 Å². The van der Waals surface area contributed by atoms with Gasteiger partial charge >= 0.3 is 0 Å². The number of nitro benzene ring substituents is 1. The highest BCUT2D eigenvalue weighted by Crippen LogP contribution is 2.30. The van der Waals surface area contributed by atoms with E-state index in [4.69, 9.17) is 16.7 Å². The van der Waals surface area contributed by atoms with Gasteiger partial charge in [0.1, 0.15) is 0 Å². The minimum atomic E-state index is -0.484. The molecule has 0 amide bonds. The molecule has 1 unspecified atom stereocenters. The van der Waals surface area contributed by atoms with Gasteiger partial charge in [0.05, 0.1) is 15.6 Å². The number of non-ortho nitro benzene ring substituents is 1. The number of benzene rings is 1. The minimum Gasteiger partial charge on any atom is -0.396 e. The van der Waals surface area contributed by atoms with Crippen molar-refractivity contribution >= 4 is 23.0 Å². The van der Waals surface area contributed by atoms with Crippen LogP contribution in [0, 0.1) is 10.1 Å². The van der Waals surface area contributed by atoms with Gasteiger partial charge in [0, 0.05) is 24.3 Å². The van der Waals surface area contributed by atoms with E-state index < -0.39 is 4.92 Å². The molecule has 1 rings (SSSR count). The number of nitrogens with one attached hydrogen (secondary N) is 1. The molecule has 0 aliphatic heterocycles. The first-order chi connectivity index (χ1) is 8.41. The highest BCUT2D eigenvalue weighted by Gasteiger charge is 2.22. The zero-order chi connectivity index (χ0) is 13.8. The standard InChI is InChI=1S/C12H17ClN2O3/c1-3-12(2,6-7-16)14-11-5-4-9(15(17)18)8-10(11)13/h4-5,8,14,16H,3,6-7H2,1-2H3. The molecule has 0 aliphatic carbocycles. The van der Waals surface area contributed by atoms with Crippen molar-refractivity contribution in [3.63, 3.8) is 0 Å². The van der Waals surface area contributed by atoms with Crippen molar-refractivity contribution < 1.29 is 10.0 Å². The summed E-state index contributed by atoms with van der Waals surface area (Å²) >= 11 is 6.01. The van der Waals surface area contributed by atoms with Gasteiger partial charge < -0.3 is 10.4 Å². The fourth-order valence-corrected chi connectivity index (χ4v) is 1.84. The molecular formula is C12H17ClN2O3. The van der Waals surface area contributed by atoms with Crippen molar-refractivity contribution in [3.05, 3.63) is 33.3 Å². The number of aliphatic hydroxyl groups is 1. The summed E-state index contributed by atoms with van der Waals surface area (Å²) in [5.41, 5.74) is 0.320. The first-order valence-corrected chi connectivity index (χ1v) is 6.12. The molecule has 0 saturated carbocycles. The maximum Gasteiger partial charge on any atom is 0.271 e. The van der Waals surface area contributed by atoms with Crippen LogP contribution in [0.25, 0.3) is 0 Å². The van der Waals surface area contributed by atoms with E-state index >= 15 is 0 Å². The largest absolute Gasteiger partial charge is 0.396 e. The van der Waals surface area contributed by atoms with Crippen molar-refractivity contribution in [1.82, 2.24) is 0 Å². The second-order valence-electron chi connectivity index (χ2n) is 4.43. The summed E-state index contributed by atoms with van der Waals surface area (Å²) in [5, 5.41) is 23.2. The molecule has 0 saturated heterocycles. The number of hydrogen-bond acceptors (Lipinski definition) is 4. The number of nitro groups is 1. The van der Waals surface area contributed by atoms with Gasteiger partial charge in [-0.2, -0.15) is 0 Å². The normalized spacial score (nSPS) is 14.0. The zero-order valence-corrected chi connectivity index (χ0v) is 11.2. The Balaban J connectivity index is 2.94. The van der Waals surface area contributed by atoms with Gasteiger partial charge in [-0.1, -0.05) is 18.5 Å². The number of halogens is 1. The predicted molar refractivity (Wildman–Crippen MR) is 72.1 cm³/mol. The van der Waals surface area contributed by atoms with Crippen molar-refractivity contribution in [2.24, 2.45) is 0 Å². The summed E-state index contributed by atoms with van der Waals surface area (Å²) in [7, 11) is 0. The third-order valence-corrected chi connectivity index (χ3v) is 3.36. The Labute approximate surface area is 111 Å². The lowest BCUT2D eigenvalue weighted by Gasteiger charge is -2.30. The Morgan fingerprint density at radius 2 is 2.22 bits per heavy atom. The van der Waals surface area contributed by atoms with E-state index in [9.17, 15) is 10.1 Å². The Hall–Kier alpha value is -1.33. The van der Waals surface area contributed by atoms with Crippen molar-refractivity contribution in [1.29, 1.82) is 0 Å². The quantitative estimate of drug-likeness (QED) is 0.616. The monoisotopic (exact) mass is 272 g/mol. The van der Waals surface area contributed by atoms with Crippen LogP contribution in [0.1, 0.15) is 26.7 Å². The van der Waals surface area contributed by atoms with Crippen LogP contribution >= 0.6 is 11.6 Å². The second-order valence-corrected chi connectivity index (χ2v) is 4.84. The maximum absolute atomic E-state index is 10.6. The topological polar surface area (TPSA) is 75.4 Å². The highest BCUT2D eigenvalue weighted by molar-refractivity contribution is 6.33. The molecule has 0 radical (unpaired) electrons. The average Bonchev–Trinajstić information content (AvgIpc) is 2.32. The predicted octanol–water partition coefficient (Wildman–Crippen LogP) is 3.21. The molecule has 0 aromatic heterocycles. The summed E-state index contributed by atoms with van der Waals surface area (Å²) in [4.78, 5) is 10.1. The third kappa shape index (κ3) is 3.58. The van der Waals surface area contributed by atoms with Crippen LogP contribution in [0.3, 0.4) is 0 Å². The smallest absolute Gasteiger partial charge is 0.271 e. The zero-order valence-electron chi connectivity index (χ0n) is 10.4. The number of nitrogens with zero attached hydrogens (tertiary/aromatic N) is 1. The van der Waals surface area contributed by atoms with Crippen LogP contribution in [0.2, 0.25) is 5.02 Å². The van der Waals surface area contributed by atoms with E-state index in [1.54, 1.807) is 6.07 Å². The molecule has 5 nitrogen and oxygen atoms in total. The molecule has 6 heteroatoms. The molecule has 1 atom stereocenters. The summed E-state index contributed by atoms with van der Waals surface area (Å²) < 4.78 is 0. The minimum absolute atomic E-state index is 0.0362. The molecule has 0 heterocycles. The highest BCUT2D eigenvalue weighted by atomic mass is 35.5. The summed E-state index contributed by atoms with van der Waals surface area (Å²) in [6.45, 7) is 4.05. The van der Waals surface area contributed by atoms with Gasteiger partial charge in [-0.05, 0) is 25.8 Å². The van der Waals surface area contributed by atoms with Gasteiger partial charge in [-0.3, -0.25) is 10.1 Å². The Morgan fingerprint density at radius 3 is 2.67 bits per heavy atom. The van der Waals surface area contributed by atoms with E-state index in [2.05, 4.69) is 5.32 Å². The summed E-state index contributed by atoms with van der Waals surface area (Å²) in [5.74, 6) is 0.